The molecule has 6 atom stereocenters. The van der Waals surface area contributed by atoms with Crippen LogP contribution in [0.1, 0.15) is 103 Å². The lowest BCUT2D eigenvalue weighted by Gasteiger charge is -2.42. The number of halogens is 3. The Hall–Kier alpha value is -2.66. The third kappa shape index (κ3) is 4.12. The van der Waals surface area contributed by atoms with Crippen molar-refractivity contribution in [3.8, 4) is 0 Å². The lowest BCUT2D eigenvalue weighted by molar-refractivity contribution is -0.187. The largest absolute Gasteiger partial charge is 0.478 e. The van der Waals surface area contributed by atoms with Gasteiger partial charge in [-0.05, 0) is 75.5 Å². The molecule has 5 aliphatic rings. The second kappa shape index (κ2) is 9.17. The van der Waals surface area contributed by atoms with Gasteiger partial charge in [0.05, 0.1) is 51.7 Å². The number of benzene rings is 1. The number of thiazole rings is 1. The van der Waals surface area contributed by atoms with Crippen LogP contribution in [0.25, 0.3) is 10.2 Å². The summed E-state index contributed by atoms with van der Waals surface area (Å²) in [6, 6.07) is 5.38. The average molecular weight is 588 g/mol. The topological polar surface area (TPSA) is 88.5 Å². The molecule has 1 spiro atoms. The number of aromatic carboxylic acids is 1. The van der Waals surface area contributed by atoms with Crippen LogP contribution in [0.15, 0.2) is 22.7 Å². The second-order valence-corrected chi connectivity index (χ2v) is 13.7. The molecule has 0 bridgehead atoms. The summed E-state index contributed by atoms with van der Waals surface area (Å²) < 4.78 is 55.1. The van der Waals surface area contributed by atoms with Gasteiger partial charge in [-0.1, -0.05) is 29.3 Å². The van der Waals surface area contributed by atoms with Gasteiger partial charge < -0.3 is 19.3 Å². The third-order valence-corrected chi connectivity index (χ3v) is 11.5. The van der Waals surface area contributed by atoms with Crippen LogP contribution in [0.4, 0.5) is 18.3 Å². The van der Waals surface area contributed by atoms with Crippen LogP contribution in [0, 0.1) is 11.8 Å². The first kappa shape index (κ1) is 26.0. The molecular weight excluding hydrogens is 555 g/mol. The summed E-state index contributed by atoms with van der Waals surface area (Å²) in [6.07, 6.45) is 3.75. The van der Waals surface area contributed by atoms with E-state index in [2.05, 4.69) is 10.1 Å². The number of nitrogens with zero attached hydrogens (tertiary/aromatic N) is 3. The van der Waals surface area contributed by atoms with Gasteiger partial charge in [-0.25, -0.2) is 9.78 Å². The van der Waals surface area contributed by atoms with Crippen molar-refractivity contribution in [3.05, 3.63) is 40.8 Å². The fourth-order valence-corrected chi connectivity index (χ4v) is 9.33. The fraction of sp³-hybridized carbons (Fsp3) is 0.633. The Labute approximate surface area is 239 Å². The zero-order chi connectivity index (χ0) is 28.1. The number of fused-ring (bicyclic) bond motifs is 1. The highest BCUT2D eigenvalue weighted by Gasteiger charge is 2.73. The lowest BCUT2D eigenvalue weighted by Crippen LogP contribution is -2.46. The summed E-state index contributed by atoms with van der Waals surface area (Å²) in [4.78, 5) is 18.7. The van der Waals surface area contributed by atoms with Crippen LogP contribution >= 0.6 is 11.3 Å². The number of hydrogen-bond donors (Lipinski definition) is 1. The smallest absolute Gasteiger partial charge is 0.392 e. The molecule has 3 aromatic rings. The zero-order valence-corrected chi connectivity index (χ0v) is 23.3. The van der Waals surface area contributed by atoms with E-state index in [4.69, 9.17) is 14.2 Å². The first-order valence-electron chi connectivity index (χ1n) is 14.8. The molecule has 4 unspecified atom stereocenters. The summed E-state index contributed by atoms with van der Waals surface area (Å²) in [5.41, 5.74) is 2.44. The van der Waals surface area contributed by atoms with Crippen molar-refractivity contribution in [2.24, 2.45) is 11.8 Å². The predicted molar refractivity (Wildman–Crippen MR) is 145 cm³/mol. The Bertz CT molecular complexity index is 1520. The Morgan fingerprint density at radius 1 is 1.17 bits per heavy atom. The Morgan fingerprint density at radius 3 is 2.73 bits per heavy atom. The number of carboxylic acid groups (broad SMARTS) is 1. The molecule has 1 saturated heterocycles. The molecule has 4 aliphatic carbocycles. The average Bonchev–Trinajstić information content (AvgIpc) is 3.81. The van der Waals surface area contributed by atoms with E-state index in [9.17, 15) is 23.1 Å². The molecule has 0 amide bonds. The van der Waals surface area contributed by atoms with Gasteiger partial charge in [-0.3, -0.25) is 0 Å². The van der Waals surface area contributed by atoms with E-state index in [1.165, 1.54) is 0 Å². The maximum atomic E-state index is 14.0. The molecular formula is C30H32F3N3O4S. The van der Waals surface area contributed by atoms with Crippen molar-refractivity contribution < 1.29 is 32.3 Å². The van der Waals surface area contributed by atoms with E-state index in [1.807, 2.05) is 0 Å². The maximum absolute atomic E-state index is 14.0. The summed E-state index contributed by atoms with van der Waals surface area (Å²) in [5.74, 6) is -1.51. The summed E-state index contributed by atoms with van der Waals surface area (Å²) in [7, 11) is 0. The molecule has 218 valence electrons. The third-order valence-electron chi connectivity index (χ3n) is 10.5. The minimum Gasteiger partial charge on any atom is -0.478 e. The van der Waals surface area contributed by atoms with Gasteiger partial charge in [-0.15, -0.1) is 0 Å². The highest BCUT2D eigenvalue weighted by Crippen LogP contribution is 2.66. The number of ether oxygens (including phenoxy) is 1. The van der Waals surface area contributed by atoms with Crippen molar-refractivity contribution in [2.75, 3.05) is 4.90 Å². The number of hydrogen-bond acceptors (Lipinski definition) is 7. The SMILES string of the molecule is O=C(O)c1ccc2nc(N3C4CC(OCc5c(C6CCCCC6C(F)(F)F)noc5C5CC5)C[C@@H]5CC[C@@]453)sc2c1. The number of rotatable bonds is 7. The van der Waals surface area contributed by atoms with E-state index in [0.29, 0.717) is 30.5 Å². The Kier molecular flexibility index (Phi) is 5.81. The van der Waals surface area contributed by atoms with Crippen LogP contribution in [0.3, 0.4) is 0 Å². The number of carbonyl (C=O) groups is 1. The van der Waals surface area contributed by atoms with Gasteiger partial charge in [0.15, 0.2) is 5.13 Å². The normalized spacial score (nSPS) is 32.9. The van der Waals surface area contributed by atoms with Gasteiger partial charge >= 0.3 is 12.1 Å². The molecule has 2 aromatic heterocycles. The van der Waals surface area contributed by atoms with Crippen molar-refractivity contribution in [3.63, 3.8) is 0 Å². The molecule has 3 heterocycles. The van der Waals surface area contributed by atoms with Gasteiger partial charge in [-0.2, -0.15) is 13.2 Å². The summed E-state index contributed by atoms with van der Waals surface area (Å²) in [6.45, 7) is 0.252. The van der Waals surface area contributed by atoms with E-state index in [1.54, 1.807) is 29.5 Å². The van der Waals surface area contributed by atoms with Crippen molar-refractivity contribution in [1.82, 2.24) is 10.1 Å². The minimum atomic E-state index is -4.25. The first-order chi connectivity index (χ1) is 19.7. The number of carboxylic acids is 1. The molecule has 4 saturated carbocycles. The molecule has 11 heteroatoms. The van der Waals surface area contributed by atoms with E-state index in [0.717, 1.165) is 71.6 Å². The number of aromatic nitrogens is 2. The monoisotopic (exact) mass is 587 g/mol. The summed E-state index contributed by atoms with van der Waals surface area (Å²) >= 11 is 1.54. The van der Waals surface area contributed by atoms with Crippen molar-refractivity contribution >= 4 is 32.7 Å². The number of anilines is 1. The highest BCUT2D eigenvalue weighted by molar-refractivity contribution is 7.22. The summed E-state index contributed by atoms with van der Waals surface area (Å²) in [5, 5.41) is 14.6. The van der Waals surface area contributed by atoms with Crippen LogP contribution in [0.5, 0.6) is 0 Å². The van der Waals surface area contributed by atoms with Crippen LogP contribution < -0.4 is 4.90 Å². The molecule has 41 heavy (non-hydrogen) atoms. The molecule has 8 rings (SSSR count). The van der Waals surface area contributed by atoms with Crippen LogP contribution in [-0.4, -0.2) is 45.1 Å². The molecule has 0 radical (unpaired) electrons. The molecule has 5 fully saturated rings. The molecule has 1 aliphatic heterocycles. The van der Waals surface area contributed by atoms with E-state index < -0.39 is 24.0 Å². The highest BCUT2D eigenvalue weighted by atomic mass is 32.1. The standard InChI is InChI=1S/C30H32F3N3O4S/c31-30(32,33)21-4-2-1-3-19(21)25-20(26(40-35-25)15-5-6-15)14-39-18-12-17-9-10-29(17)24(13-18)36(29)28-34-22-8-7-16(27(37)38)11-23(22)41-28/h7-8,11,15,17-19,21,24H,1-6,9-10,12-14H2,(H,37,38)/t17-,18?,19?,21?,24?,29-,36?/m0/s1. The van der Waals surface area contributed by atoms with E-state index >= 15 is 0 Å². The van der Waals surface area contributed by atoms with E-state index in [-0.39, 0.29) is 36.2 Å². The molecule has 7 nitrogen and oxygen atoms in total. The lowest BCUT2D eigenvalue weighted by atomic mass is 9.64. The van der Waals surface area contributed by atoms with Crippen molar-refractivity contribution in [2.45, 2.75) is 107 Å². The fourth-order valence-electron chi connectivity index (χ4n) is 8.19. The minimum absolute atomic E-state index is 0.0102. The predicted octanol–water partition coefficient (Wildman–Crippen LogP) is 7.41. The van der Waals surface area contributed by atoms with Crippen LogP contribution in [-0.2, 0) is 11.3 Å². The number of alkyl halides is 3. The van der Waals surface area contributed by atoms with Gasteiger partial charge in [0.2, 0.25) is 0 Å². The molecule has 1 N–H and O–H groups in total. The Morgan fingerprint density at radius 2 is 2.00 bits per heavy atom. The zero-order valence-electron chi connectivity index (χ0n) is 22.5. The first-order valence-corrected chi connectivity index (χ1v) is 15.7. The van der Waals surface area contributed by atoms with Gasteiger partial charge in [0, 0.05) is 17.4 Å². The second-order valence-electron chi connectivity index (χ2n) is 12.7. The van der Waals surface area contributed by atoms with Gasteiger partial charge in [0.25, 0.3) is 0 Å². The van der Waals surface area contributed by atoms with Crippen LogP contribution in [0.2, 0.25) is 0 Å². The van der Waals surface area contributed by atoms with Crippen molar-refractivity contribution in [1.29, 1.82) is 0 Å². The molecule has 1 aromatic carbocycles. The van der Waals surface area contributed by atoms with Gasteiger partial charge in [0.1, 0.15) is 5.76 Å². The quantitative estimate of drug-likeness (QED) is 0.288. The maximum Gasteiger partial charge on any atom is 0.392 e. The Balaban J connectivity index is 1.01.